The van der Waals surface area contributed by atoms with E-state index >= 15 is 0 Å². The molecule has 2 fully saturated rings. The molecule has 3 rings (SSSR count). The van der Waals surface area contributed by atoms with Crippen LogP contribution in [0.4, 0.5) is 0 Å². The van der Waals surface area contributed by atoms with Crippen LogP contribution in [-0.2, 0) is 0 Å². The van der Waals surface area contributed by atoms with Gasteiger partial charge in [0, 0.05) is 29.1 Å². The number of rotatable bonds is 3. The summed E-state index contributed by atoms with van der Waals surface area (Å²) in [6.07, 6.45) is 4.60. The second kappa shape index (κ2) is 6.27. The van der Waals surface area contributed by atoms with Crippen LogP contribution in [0.15, 0.2) is 22.7 Å². The maximum absolute atomic E-state index is 12.8. The summed E-state index contributed by atoms with van der Waals surface area (Å²) in [5, 5.41) is 4.14. The summed E-state index contributed by atoms with van der Waals surface area (Å²) < 4.78 is 0.895. The van der Waals surface area contributed by atoms with Gasteiger partial charge in [-0.1, -0.05) is 27.5 Å². The lowest BCUT2D eigenvalue weighted by Gasteiger charge is -2.37. The minimum Gasteiger partial charge on any atom is -0.336 e. The molecule has 1 N–H and O–H groups in total. The number of fused-ring (bicyclic) bond motifs is 2. The molecule has 2 bridgehead atoms. The van der Waals surface area contributed by atoms with E-state index < -0.39 is 0 Å². The summed E-state index contributed by atoms with van der Waals surface area (Å²) >= 11 is 9.63. The van der Waals surface area contributed by atoms with E-state index in [-0.39, 0.29) is 5.91 Å². The average Bonchev–Trinajstić information content (AvgIpc) is 2.78. The van der Waals surface area contributed by atoms with Crippen LogP contribution in [0.3, 0.4) is 0 Å². The number of nitrogens with zero attached hydrogens (tertiary/aromatic N) is 1. The van der Waals surface area contributed by atoms with Gasteiger partial charge in [0.1, 0.15) is 0 Å². The first kappa shape index (κ1) is 15.3. The quantitative estimate of drug-likeness (QED) is 0.875. The second-order valence-electron chi connectivity index (χ2n) is 5.98. The number of piperidine rings is 1. The highest BCUT2D eigenvalue weighted by Crippen LogP contribution is 2.31. The smallest absolute Gasteiger partial charge is 0.255 e. The summed E-state index contributed by atoms with van der Waals surface area (Å²) in [5.41, 5.74) is 0.604. The minimum atomic E-state index is 0.0568. The van der Waals surface area contributed by atoms with Crippen molar-refractivity contribution in [1.82, 2.24) is 10.2 Å². The zero-order valence-corrected chi connectivity index (χ0v) is 14.5. The van der Waals surface area contributed by atoms with Gasteiger partial charge in [0.05, 0.1) is 10.6 Å². The van der Waals surface area contributed by atoms with E-state index in [9.17, 15) is 4.79 Å². The Labute approximate surface area is 139 Å². The van der Waals surface area contributed by atoms with E-state index in [2.05, 4.69) is 28.2 Å². The number of nitrogens with one attached hydrogen (secondary N) is 1. The van der Waals surface area contributed by atoms with Crippen LogP contribution >= 0.6 is 27.5 Å². The standard InChI is InChI=1S/C16H20BrClN2O/c1-2-20(13-8-11-4-5-12(9-13)19-11)16(21)14-6-3-10(17)7-15(14)18/h3,6-7,11-13,19H,2,4-5,8-9H2,1H3. The van der Waals surface area contributed by atoms with Crippen LogP contribution in [0, 0.1) is 0 Å². The third-order valence-corrected chi connectivity index (χ3v) is 5.46. The summed E-state index contributed by atoms with van der Waals surface area (Å²) in [6.45, 7) is 2.78. The van der Waals surface area contributed by atoms with Crippen molar-refractivity contribution in [2.24, 2.45) is 0 Å². The SMILES string of the molecule is CCN(C(=O)c1ccc(Br)cc1Cl)C1CC2CCC(C1)N2. The van der Waals surface area contributed by atoms with E-state index in [1.54, 1.807) is 6.07 Å². The van der Waals surface area contributed by atoms with Crippen LogP contribution in [0.5, 0.6) is 0 Å². The van der Waals surface area contributed by atoms with Gasteiger partial charge >= 0.3 is 0 Å². The molecule has 2 unspecified atom stereocenters. The lowest BCUT2D eigenvalue weighted by molar-refractivity contribution is 0.0631. The molecule has 0 spiro atoms. The molecule has 114 valence electrons. The lowest BCUT2D eigenvalue weighted by Crippen LogP contribution is -2.50. The molecule has 0 aromatic heterocycles. The Morgan fingerprint density at radius 2 is 2.05 bits per heavy atom. The van der Waals surface area contributed by atoms with Gasteiger partial charge in [-0.25, -0.2) is 0 Å². The fourth-order valence-corrected chi connectivity index (χ4v) is 4.42. The highest BCUT2D eigenvalue weighted by atomic mass is 79.9. The van der Waals surface area contributed by atoms with Gasteiger partial charge in [-0.2, -0.15) is 0 Å². The van der Waals surface area contributed by atoms with Gasteiger partial charge in [-0.05, 0) is 50.8 Å². The Hall–Kier alpha value is -0.580. The van der Waals surface area contributed by atoms with Crippen LogP contribution in [0.25, 0.3) is 0 Å². The van der Waals surface area contributed by atoms with Crippen molar-refractivity contribution in [3.63, 3.8) is 0 Å². The Bertz CT molecular complexity index is 539. The molecular formula is C16H20BrClN2O. The van der Waals surface area contributed by atoms with Crippen LogP contribution in [-0.4, -0.2) is 35.5 Å². The molecule has 5 heteroatoms. The Morgan fingerprint density at radius 3 is 2.62 bits per heavy atom. The van der Waals surface area contributed by atoms with E-state index in [1.165, 1.54) is 12.8 Å². The van der Waals surface area contributed by atoms with E-state index in [1.807, 2.05) is 17.0 Å². The van der Waals surface area contributed by atoms with Crippen molar-refractivity contribution >= 4 is 33.4 Å². The lowest BCUT2D eigenvalue weighted by atomic mass is 9.97. The predicted molar refractivity (Wildman–Crippen MR) is 88.8 cm³/mol. The van der Waals surface area contributed by atoms with Gasteiger partial charge in [0.15, 0.2) is 0 Å². The number of hydrogen-bond acceptors (Lipinski definition) is 2. The third-order valence-electron chi connectivity index (χ3n) is 4.65. The van der Waals surface area contributed by atoms with E-state index in [4.69, 9.17) is 11.6 Å². The highest BCUT2D eigenvalue weighted by molar-refractivity contribution is 9.10. The molecule has 2 heterocycles. The van der Waals surface area contributed by atoms with Crippen LogP contribution in [0.2, 0.25) is 5.02 Å². The monoisotopic (exact) mass is 370 g/mol. The maximum atomic E-state index is 12.8. The summed E-state index contributed by atoms with van der Waals surface area (Å²) in [6, 6.07) is 6.97. The van der Waals surface area contributed by atoms with Crippen molar-refractivity contribution < 1.29 is 4.79 Å². The highest BCUT2D eigenvalue weighted by Gasteiger charge is 2.37. The van der Waals surface area contributed by atoms with Crippen molar-refractivity contribution in [1.29, 1.82) is 0 Å². The van der Waals surface area contributed by atoms with Crippen molar-refractivity contribution in [2.75, 3.05) is 6.54 Å². The molecule has 2 atom stereocenters. The van der Waals surface area contributed by atoms with Crippen LogP contribution in [0.1, 0.15) is 43.0 Å². The van der Waals surface area contributed by atoms with Crippen molar-refractivity contribution in [3.8, 4) is 0 Å². The molecule has 1 amide bonds. The third kappa shape index (κ3) is 3.13. The molecule has 0 radical (unpaired) electrons. The first-order chi connectivity index (χ1) is 10.1. The zero-order chi connectivity index (χ0) is 15.0. The topological polar surface area (TPSA) is 32.3 Å². The number of halogens is 2. The molecule has 1 aromatic rings. The van der Waals surface area contributed by atoms with Gasteiger partial charge in [-0.15, -0.1) is 0 Å². The predicted octanol–water partition coefficient (Wildman–Crippen LogP) is 3.85. The molecule has 21 heavy (non-hydrogen) atoms. The number of carbonyl (C=O) groups is 1. The first-order valence-corrected chi connectivity index (χ1v) is 8.77. The molecular weight excluding hydrogens is 352 g/mol. The zero-order valence-electron chi connectivity index (χ0n) is 12.1. The first-order valence-electron chi connectivity index (χ1n) is 7.60. The minimum absolute atomic E-state index is 0.0568. The van der Waals surface area contributed by atoms with E-state index in [0.717, 1.165) is 23.9 Å². The largest absolute Gasteiger partial charge is 0.336 e. The molecule has 0 saturated carbocycles. The maximum Gasteiger partial charge on any atom is 0.255 e. The summed E-state index contributed by atoms with van der Waals surface area (Å²) in [5.74, 6) is 0.0568. The van der Waals surface area contributed by atoms with E-state index in [0.29, 0.717) is 28.7 Å². The molecule has 2 aliphatic rings. The van der Waals surface area contributed by atoms with Gasteiger partial charge in [0.2, 0.25) is 0 Å². The van der Waals surface area contributed by atoms with Crippen molar-refractivity contribution in [2.45, 2.75) is 50.7 Å². The van der Waals surface area contributed by atoms with Gasteiger partial charge in [0.25, 0.3) is 5.91 Å². The molecule has 1 aromatic carbocycles. The molecule has 2 aliphatic heterocycles. The number of benzene rings is 1. The summed E-state index contributed by atoms with van der Waals surface area (Å²) in [7, 11) is 0. The Kier molecular flexibility index (Phi) is 4.57. The Morgan fingerprint density at radius 1 is 1.38 bits per heavy atom. The number of hydrogen-bond donors (Lipinski definition) is 1. The van der Waals surface area contributed by atoms with Crippen molar-refractivity contribution in [3.05, 3.63) is 33.3 Å². The number of carbonyl (C=O) groups excluding carboxylic acids is 1. The van der Waals surface area contributed by atoms with Crippen LogP contribution < -0.4 is 5.32 Å². The normalized spacial score (nSPS) is 27.7. The Balaban J connectivity index is 1.80. The molecule has 0 aliphatic carbocycles. The molecule has 2 saturated heterocycles. The molecule has 3 nitrogen and oxygen atoms in total. The second-order valence-corrected chi connectivity index (χ2v) is 7.30. The van der Waals surface area contributed by atoms with Gasteiger partial charge in [-0.3, -0.25) is 4.79 Å². The number of amides is 1. The van der Waals surface area contributed by atoms with Gasteiger partial charge < -0.3 is 10.2 Å². The average molecular weight is 372 g/mol. The fraction of sp³-hybridized carbons (Fsp3) is 0.562. The summed E-state index contributed by atoms with van der Waals surface area (Å²) in [4.78, 5) is 14.8. The fourth-order valence-electron chi connectivity index (χ4n) is 3.67.